The minimum atomic E-state index is -0.443. The fourth-order valence-electron chi connectivity index (χ4n) is 1.81. The van der Waals surface area contributed by atoms with Crippen LogP contribution in [0.5, 0.6) is 0 Å². The van der Waals surface area contributed by atoms with E-state index in [9.17, 15) is 9.90 Å². The van der Waals surface area contributed by atoms with Gasteiger partial charge in [-0.25, -0.2) is 9.78 Å². The minimum absolute atomic E-state index is 0.283. The number of methoxy groups -OCH3 is 1. The molecule has 2 heterocycles. The second-order valence-corrected chi connectivity index (χ2v) is 3.78. The first-order valence-electron chi connectivity index (χ1n) is 5.18. The molecule has 1 saturated heterocycles. The molecule has 0 bridgehead atoms. The molecule has 5 heteroatoms. The summed E-state index contributed by atoms with van der Waals surface area (Å²) in [5.41, 5.74) is 1.19. The SMILES string of the molecule is COC(=O)c1cc(N2CC[C@H](O)C2)ccn1. The normalized spacial score (nSPS) is 19.9. The second kappa shape index (κ2) is 4.49. The van der Waals surface area contributed by atoms with E-state index in [0.717, 1.165) is 18.7 Å². The van der Waals surface area contributed by atoms with Crippen molar-refractivity contribution in [2.75, 3.05) is 25.1 Å². The van der Waals surface area contributed by atoms with Gasteiger partial charge in [-0.1, -0.05) is 0 Å². The number of aliphatic hydroxyl groups excluding tert-OH is 1. The van der Waals surface area contributed by atoms with Crippen LogP contribution in [0.15, 0.2) is 18.3 Å². The molecular formula is C11H14N2O3. The van der Waals surface area contributed by atoms with Crippen LogP contribution < -0.4 is 4.90 Å². The Morgan fingerprint density at radius 3 is 3.12 bits per heavy atom. The summed E-state index contributed by atoms with van der Waals surface area (Å²) in [4.78, 5) is 17.3. The van der Waals surface area contributed by atoms with E-state index in [4.69, 9.17) is 0 Å². The third kappa shape index (κ3) is 2.14. The van der Waals surface area contributed by atoms with Crippen LogP contribution in [0.3, 0.4) is 0 Å². The molecule has 2 rings (SSSR count). The van der Waals surface area contributed by atoms with Gasteiger partial charge in [0.2, 0.25) is 0 Å². The molecule has 1 aromatic rings. The van der Waals surface area contributed by atoms with Gasteiger partial charge in [-0.3, -0.25) is 0 Å². The number of hydrogen-bond acceptors (Lipinski definition) is 5. The molecule has 5 nitrogen and oxygen atoms in total. The first kappa shape index (κ1) is 10.9. The molecular weight excluding hydrogens is 208 g/mol. The van der Waals surface area contributed by atoms with Gasteiger partial charge in [0, 0.05) is 25.0 Å². The minimum Gasteiger partial charge on any atom is -0.464 e. The van der Waals surface area contributed by atoms with E-state index in [1.54, 1.807) is 12.3 Å². The monoisotopic (exact) mass is 222 g/mol. The van der Waals surface area contributed by atoms with E-state index in [1.165, 1.54) is 7.11 Å². The number of aromatic nitrogens is 1. The highest BCUT2D eigenvalue weighted by Crippen LogP contribution is 2.20. The third-order valence-corrected chi connectivity index (χ3v) is 2.67. The largest absolute Gasteiger partial charge is 0.464 e. The number of carbonyl (C=O) groups excluding carboxylic acids is 1. The van der Waals surface area contributed by atoms with Crippen molar-refractivity contribution in [2.45, 2.75) is 12.5 Å². The summed E-state index contributed by atoms with van der Waals surface area (Å²) < 4.78 is 4.61. The van der Waals surface area contributed by atoms with Crippen molar-refractivity contribution in [3.63, 3.8) is 0 Å². The van der Waals surface area contributed by atoms with Crippen LogP contribution in [0, 0.1) is 0 Å². The number of nitrogens with zero attached hydrogens (tertiary/aromatic N) is 2. The van der Waals surface area contributed by atoms with Crippen molar-refractivity contribution in [3.05, 3.63) is 24.0 Å². The Hall–Kier alpha value is -1.62. The fraction of sp³-hybridized carbons (Fsp3) is 0.455. The maximum atomic E-state index is 11.3. The van der Waals surface area contributed by atoms with E-state index in [-0.39, 0.29) is 6.10 Å². The highest BCUT2D eigenvalue weighted by atomic mass is 16.5. The molecule has 86 valence electrons. The highest BCUT2D eigenvalue weighted by Gasteiger charge is 2.21. The summed E-state index contributed by atoms with van der Waals surface area (Å²) in [6.07, 6.45) is 2.05. The van der Waals surface area contributed by atoms with Gasteiger partial charge >= 0.3 is 5.97 Å². The summed E-state index contributed by atoms with van der Waals surface area (Å²) in [6.45, 7) is 1.40. The van der Waals surface area contributed by atoms with E-state index >= 15 is 0 Å². The van der Waals surface area contributed by atoms with Crippen LogP contribution >= 0.6 is 0 Å². The van der Waals surface area contributed by atoms with Gasteiger partial charge < -0.3 is 14.7 Å². The lowest BCUT2D eigenvalue weighted by Crippen LogP contribution is -2.21. The van der Waals surface area contributed by atoms with Gasteiger partial charge in [0.1, 0.15) is 5.69 Å². The number of hydrogen-bond donors (Lipinski definition) is 1. The molecule has 0 radical (unpaired) electrons. The van der Waals surface area contributed by atoms with Gasteiger partial charge in [-0.15, -0.1) is 0 Å². The van der Waals surface area contributed by atoms with Crippen molar-refractivity contribution >= 4 is 11.7 Å². The molecule has 1 aliphatic rings. The molecule has 1 N–H and O–H groups in total. The second-order valence-electron chi connectivity index (χ2n) is 3.78. The van der Waals surface area contributed by atoms with Crippen molar-refractivity contribution in [1.29, 1.82) is 0 Å². The van der Waals surface area contributed by atoms with Gasteiger partial charge in [-0.2, -0.15) is 0 Å². The van der Waals surface area contributed by atoms with Gasteiger partial charge in [-0.05, 0) is 18.6 Å². The molecule has 1 atom stereocenters. The summed E-state index contributed by atoms with van der Waals surface area (Å²) in [5, 5.41) is 9.44. The number of anilines is 1. The fourth-order valence-corrected chi connectivity index (χ4v) is 1.81. The van der Waals surface area contributed by atoms with E-state index < -0.39 is 5.97 Å². The first-order valence-corrected chi connectivity index (χ1v) is 5.18. The van der Waals surface area contributed by atoms with Gasteiger partial charge in [0.05, 0.1) is 13.2 Å². The zero-order chi connectivity index (χ0) is 11.5. The topological polar surface area (TPSA) is 62.7 Å². The Kier molecular flexibility index (Phi) is 3.05. The van der Waals surface area contributed by atoms with E-state index in [2.05, 4.69) is 9.72 Å². The van der Waals surface area contributed by atoms with Crippen LogP contribution in [-0.2, 0) is 4.74 Å². The van der Waals surface area contributed by atoms with Crippen LogP contribution in [0.25, 0.3) is 0 Å². The molecule has 0 unspecified atom stereocenters. The summed E-state index contributed by atoms with van der Waals surface area (Å²) in [5.74, 6) is -0.443. The molecule has 0 aliphatic carbocycles. The summed E-state index contributed by atoms with van der Waals surface area (Å²) >= 11 is 0. The molecule has 1 fully saturated rings. The number of carbonyl (C=O) groups is 1. The van der Waals surface area contributed by atoms with Crippen molar-refractivity contribution in [2.24, 2.45) is 0 Å². The van der Waals surface area contributed by atoms with Gasteiger partial charge in [0.15, 0.2) is 0 Å². The summed E-state index contributed by atoms with van der Waals surface area (Å²) in [6, 6.07) is 3.51. The standard InChI is InChI=1S/C11H14N2O3/c1-16-11(15)10-6-8(2-4-12-10)13-5-3-9(14)7-13/h2,4,6,9,14H,3,5,7H2,1H3/t9-/m0/s1. The van der Waals surface area contributed by atoms with Gasteiger partial charge in [0.25, 0.3) is 0 Å². The van der Waals surface area contributed by atoms with E-state index in [1.807, 2.05) is 11.0 Å². The van der Waals surface area contributed by atoms with Crippen LogP contribution in [-0.4, -0.2) is 42.4 Å². The number of β-amino-alcohol motifs (C(OH)–C–C–N with tert-alkyl or cyclic N) is 1. The lowest BCUT2D eigenvalue weighted by molar-refractivity contribution is 0.0594. The van der Waals surface area contributed by atoms with Crippen molar-refractivity contribution in [3.8, 4) is 0 Å². The number of pyridine rings is 1. The average molecular weight is 222 g/mol. The quantitative estimate of drug-likeness (QED) is 0.736. The highest BCUT2D eigenvalue weighted by molar-refractivity contribution is 5.88. The Bertz CT molecular complexity index is 395. The molecule has 0 spiro atoms. The predicted molar refractivity (Wildman–Crippen MR) is 58.4 cm³/mol. The number of ether oxygens (including phenoxy) is 1. The Morgan fingerprint density at radius 2 is 2.50 bits per heavy atom. The Labute approximate surface area is 93.7 Å². The van der Waals surface area contributed by atoms with Crippen LogP contribution in [0.2, 0.25) is 0 Å². The number of esters is 1. The summed E-state index contributed by atoms with van der Waals surface area (Å²) in [7, 11) is 1.33. The lowest BCUT2D eigenvalue weighted by Gasteiger charge is -2.17. The average Bonchev–Trinajstić information content (AvgIpc) is 2.75. The molecule has 1 aliphatic heterocycles. The van der Waals surface area contributed by atoms with Crippen molar-refractivity contribution in [1.82, 2.24) is 4.98 Å². The predicted octanol–water partition coefficient (Wildman–Crippen LogP) is 0.439. The molecule has 1 aromatic heterocycles. The zero-order valence-electron chi connectivity index (χ0n) is 9.09. The maximum Gasteiger partial charge on any atom is 0.356 e. The molecule has 0 amide bonds. The Balaban J connectivity index is 2.19. The third-order valence-electron chi connectivity index (χ3n) is 2.67. The lowest BCUT2D eigenvalue weighted by atomic mass is 10.3. The molecule has 0 aromatic carbocycles. The van der Waals surface area contributed by atoms with Crippen molar-refractivity contribution < 1.29 is 14.6 Å². The molecule has 0 saturated carbocycles. The van der Waals surface area contributed by atoms with Crippen LogP contribution in [0.1, 0.15) is 16.9 Å². The number of aliphatic hydroxyl groups is 1. The zero-order valence-corrected chi connectivity index (χ0v) is 9.09. The first-order chi connectivity index (χ1) is 7.70. The molecule has 16 heavy (non-hydrogen) atoms. The number of rotatable bonds is 2. The Morgan fingerprint density at radius 1 is 1.69 bits per heavy atom. The van der Waals surface area contributed by atoms with Crippen LogP contribution in [0.4, 0.5) is 5.69 Å². The smallest absolute Gasteiger partial charge is 0.356 e. The van der Waals surface area contributed by atoms with E-state index in [0.29, 0.717) is 12.2 Å². The maximum absolute atomic E-state index is 11.3.